The Bertz CT molecular complexity index is 818. The van der Waals surface area contributed by atoms with Crippen LogP contribution in [0.5, 0.6) is 5.75 Å². The SMILES string of the molecule is OC1CC2(CCN(CCC3CCCCC3)CC2)Oc2c1ccc1ccccc21. The van der Waals surface area contributed by atoms with Crippen molar-refractivity contribution in [3.63, 3.8) is 0 Å². The molecule has 1 aliphatic carbocycles. The number of aliphatic hydroxyl groups excluding tert-OH is 1. The van der Waals surface area contributed by atoms with Crippen molar-refractivity contribution < 1.29 is 9.84 Å². The smallest absolute Gasteiger partial charge is 0.133 e. The first-order valence-corrected chi connectivity index (χ1v) is 11.3. The number of benzene rings is 2. The molecule has 2 aromatic carbocycles. The van der Waals surface area contributed by atoms with E-state index in [4.69, 9.17) is 4.74 Å². The number of likely N-dealkylation sites (tertiary alicyclic amines) is 1. The van der Waals surface area contributed by atoms with Gasteiger partial charge in [0, 0.05) is 30.5 Å². The van der Waals surface area contributed by atoms with Gasteiger partial charge in [0.1, 0.15) is 11.4 Å². The summed E-state index contributed by atoms with van der Waals surface area (Å²) in [6.45, 7) is 3.43. The van der Waals surface area contributed by atoms with E-state index in [1.807, 2.05) is 0 Å². The van der Waals surface area contributed by atoms with E-state index in [2.05, 4.69) is 41.3 Å². The monoisotopic (exact) mass is 379 g/mol. The van der Waals surface area contributed by atoms with Crippen molar-refractivity contribution in [1.82, 2.24) is 4.90 Å². The van der Waals surface area contributed by atoms with Crippen molar-refractivity contribution >= 4 is 10.8 Å². The van der Waals surface area contributed by atoms with Gasteiger partial charge in [-0.15, -0.1) is 0 Å². The second-order valence-corrected chi connectivity index (χ2v) is 9.34. The Hall–Kier alpha value is -1.58. The van der Waals surface area contributed by atoms with Crippen molar-refractivity contribution in [1.29, 1.82) is 0 Å². The molecule has 0 amide bonds. The Labute approximate surface area is 168 Å². The quantitative estimate of drug-likeness (QED) is 0.768. The van der Waals surface area contributed by atoms with Gasteiger partial charge >= 0.3 is 0 Å². The van der Waals surface area contributed by atoms with Gasteiger partial charge in [-0.25, -0.2) is 0 Å². The zero-order valence-electron chi connectivity index (χ0n) is 16.9. The molecule has 1 N–H and O–H groups in total. The van der Waals surface area contributed by atoms with Gasteiger partial charge in [-0.1, -0.05) is 68.5 Å². The molecule has 2 aromatic rings. The fraction of sp³-hybridized carbons (Fsp3) is 0.600. The summed E-state index contributed by atoms with van der Waals surface area (Å²) >= 11 is 0. The summed E-state index contributed by atoms with van der Waals surface area (Å²) < 4.78 is 6.70. The van der Waals surface area contributed by atoms with Gasteiger partial charge in [-0.2, -0.15) is 0 Å². The fourth-order valence-corrected chi connectivity index (χ4v) is 5.69. The molecule has 2 heterocycles. The standard InChI is InChI=1S/C25H33NO2/c27-23-18-25(28-24-21-9-5-4-8-20(21)10-11-22(23)24)13-16-26(17-14-25)15-12-19-6-2-1-3-7-19/h4-5,8-11,19,23,27H,1-3,6-7,12-18H2. The fourth-order valence-electron chi connectivity index (χ4n) is 5.69. The van der Waals surface area contributed by atoms with Gasteiger partial charge in [0.05, 0.1) is 6.10 Å². The number of hydrogen-bond donors (Lipinski definition) is 1. The van der Waals surface area contributed by atoms with Gasteiger partial charge in [0.25, 0.3) is 0 Å². The first kappa shape index (κ1) is 18.4. The highest BCUT2D eigenvalue weighted by molar-refractivity contribution is 5.90. The van der Waals surface area contributed by atoms with Gasteiger partial charge in [-0.3, -0.25) is 0 Å². The second-order valence-electron chi connectivity index (χ2n) is 9.34. The van der Waals surface area contributed by atoms with Crippen LogP contribution < -0.4 is 4.74 Å². The van der Waals surface area contributed by atoms with E-state index in [1.165, 1.54) is 50.5 Å². The summed E-state index contributed by atoms with van der Waals surface area (Å²) in [6.07, 6.45) is 10.9. The Morgan fingerprint density at radius 3 is 2.61 bits per heavy atom. The molecule has 0 radical (unpaired) electrons. The Morgan fingerprint density at radius 1 is 1.00 bits per heavy atom. The molecule has 0 aromatic heterocycles. The number of ether oxygens (including phenoxy) is 1. The molecule has 2 fully saturated rings. The van der Waals surface area contributed by atoms with Crippen LogP contribution in [0.15, 0.2) is 36.4 Å². The second kappa shape index (κ2) is 7.68. The van der Waals surface area contributed by atoms with Crippen LogP contribution in [-0.4, -0.2) is 35.2 Å². The molecule has 28 heavy (non-hydrogen) atoms. The average Bonchev–Trinajstić information content (AvgIpc) is 2.74. The van der Waals surface area contributed by atoms with E-state index >= 15 is 0 Å². The molecule has 0 bridgehead atoms. The van der Waals surface area contributed by atoms with Crippen molar-refractivity contribution in [2.24, 2.45) is 5.92 Å². The Morgan fingerprint density at radius 2 is 1.79 bits per heavy atom. The van der Waals surface area contributed by atoms with E-state index in [1.54, 1.807) is 0 Å². The Balaban J connectivity index is 1.27. The van der Waals surface area contributed by atoms with Crippen LogP contribution in [0, 0.1) is 5.92 Å². The van der Waals surface area contributed by atoms with Crippen molar-refractivity contribution in [2.45, 2.75) is 69.5 Å². The topological polar surface area (TPSA) is 32.7 Å². The summed E-state index contributed by atoms with van der Waals surface area (Å²) in [7, 11) is 0. The molecule has 1 atom stereocenters. The molecule has 3 aliphatic rings. The van der Waals surface area contributed by atoms with Gasteiger partial charge in [0.15, 0.2) is 0 Å². The zero-order valence-corrected chi connectivity index (χ0v) is 16.9. The molecule has 3 heteroatoms. The lowest BCUT2D eigenvalue weighted by Crippen LogP contribution is -2.50. The number of fused-ring (bicyclic) bond motifs is 3. The lowest BCUT2D eigenvalue weighted by Gasteiger charge is -2.46. The molecule has 150 valence electrons. The third kappa shape index (κ3) is 3.55. The molecule has 2 aliphatic heterocycles. The average molecular weight is 380 g/mol. The maximum Gasteiger partial charge on any atom is 0.133 e. The van der Waals surface area contributed by atoms with E-state index < -0.39 is 6.10 Å². The van der Waals surface area contributed by atoms with Crippen LogP contribution in [0.1, 0.15) is 69.5 Å². The van der Waals surface area contributed by atoms with Crippen molar-refractivity contribution in [2.75, 3.05) is 19.6 Å². The van der Waals surface area contributed by atoms with Crippen molar-refractivity contribution in [3.8, 4) is 5.75 Å². The summed E-state index contributed by atoms with van der Waals surface area (Å²) in [6, 6.07) is 12.5. The van der Waals surface area contributed by atoms with Gasteiger partial charge in [0.2, 0.25) is 0 Å². The number of piperidine rings is 1. The first-order chi connectivity index (χ1) is 13.7. The molecule has 5 rings (SSSR count). The number of nitrogens with zero attached hydrogens (tertiary/aromatic N) is 1. The van der Waals surface area contributed by atoms with E-state index in [0.717, 1.165) is 55.0 Å². The largest absolute Gasteiger partial charge is 0.486 e. The summed E-state index contributed by atoms with van der Waals surface area (Å²) in [5.41, 5.74) is 0.766. The predicted molar refractivity (Wildman–Crippen MR) is 114 cm³/mol. The van der Waals surface area contributed by atoms with Gasteiger partial charge < -0.3 is 14.7 Å². The van der Waals surface area contributed by atoms with Crippen LogP contribution in [0.25, 0.3) is 10.8 Å². The molecule has 1 spiro atoms. The predicted octanol–water partition coefficient (Wildman–Crippen LogP) is 5.46. The normalized spacial score (nSPS) is 25.5. The van der Waals surface area contributed by atoms with Crippen LogP contribution in [-0.2, 0) is 0 Å². The molecule has 1 saturated carbocycles. The molecule has 1 saturated heterocycles. The third-order valence-electron chi connectivity index (χ3n) is 7.50. The number of rotatable bonds is 3. The highest BCUT2D eigenvalue weighted by atomic mass is 16.5. The molecule has 1 unspecified atom stereocenters. The third-order valence-corrected chi connectivity index (χ3v) is 7.50. The number of aliphatic hydroxyl groups is 1. The number of hydrogen-bond acceptors (Lipinski definition) is 3. The highest BCUT2D eigenvalue weighted by Gasteiger charge is 2.43. The lowest BCUT2D eigenvalue weighted by atomic mass is 9.80. The van der Waals surface area contributed by atoms with E-state index in [9.17, 15) is 5.11 Å². The molecular formula is C25H33NO2. The first-order valence-electron chi connectivity index (χ1n) is 11.3. The van der Waals surface area contributed by atoms with Gasteiger partial charge in [-0.05, 0) is 37.1 Å². The van der Waals surface area contributed by atoms with E-state index in [0.29, 0.717) is 0 Å². The minimum absolute atomic E-state index is 0.197. The molecular weight excluding hydrogens is 346 g/mol. The summed E-state index contributed by atoms with van der Waals surface area (Å²) in [5, 5.41) is 13.2. The zero-order chi connectivity index (χ0) is 19.0. The molecule has 3 nitrogen and oxygen atoms in total. The maximum absolute atomic E-state index is 10.9. The summed E-state index contributed by atoms with van der Waals surface area (Å²) in [4.78, 5) is 2.63. The van der Waals surface area contributed by atoms with Crippen LogP contribution in [0.2, 0.25) is 0 Å². The van der Waals surface area contributed by atoms with Crippen molar-refractivity contribution in [3.05, 3.63) is 42.0 Å². The van der Waals surface area contributed by atoms with Crippen LogP contribution in [0.4, 0.5) is 0 Å². The highest BCUT2D eigenvalue weighted by Crippen LogP contribution is 2.47. The van der Waals surface area contributed by atoms with Crippen LogP contribution >= 0.6 is 0 Å². The van der Waals surface area contributed by atoms with E-state index in [-0.39, 0.29) is 5.60 Å². The summed E-state index contributed by atoms with van der Waals surface area (Å²) in [5.74, 6) is 1.88. The maximum atomic E-state index is 10.9. The lowest BCUT2D eigenvalue weighted by molar-refractivity contribution is -0.0533. The minimum Gasteiger partial charge on any atom is -0.486 e. The Kier molecular flexibility index (Phi) is 5.06. The minimum atomic E-state index is -0.415. The van der Waals surface area contributed by atoms with Crippen LogP contribution in [0.3, 0.4) is 0 Å².